The molecule has 1 aliphatic rings. The monoisotopic (exact) mass is 302 g/mol. The summed E-state index contributed by atoms with van der Waals surface area (Å²) in [5.74, 6) is -0.548. The van der Waals surface area contributed by atoms with Crippen LogP contribution in [0.2, 0.25) is 0 Å². The molecule has 1 amide bonds. The van der Waals surface area contributed by atoms with E-state index in [2.05, 4.69) is 28.8 Å². The summed E-state index contributed by atoms with van der Waals surface area (Å²) in [5.41, 5.74) is 9.36. The topological polar surface area (TPSA) is 48.0 Å². The van der Waals surface area contributed by atoms with Gasteiger partial charge in [-0.15, -0.1) is 0 Å². The Kier molecular flexibility index (Phi) is 3.27. The standard InChI is InChI=1S/C20H18N2O/c21-20(23)18-17(14-8-2-1-3-9-14)15-10-4-5-11-16(15)19(18)22-12-6-7-13-22/h1-13,17-19H,(H2,21,23). The first-order valence-corrected chi connectivity index (χ1v) is 7.83. The molecule has 0 aliphatic heterocycles. The van der Waals surface area contributed by atoms with Gasteiger partial charge in [-0.05, 0) is 28.8 Å². The van der Waals surface area contributed by atoms with Crippen LogP contribution in [-0.2, 0) is 4.79 Å². The second-order valence-corrected chi connectivity index (χ2v) is 6.02. The zero-order chi connectivity index (χ0) is 15.8. The number of hydrogen-bond donors (Lipinski definition) is 1. The third kappa shape index (κ3) is 2.16. The van der Waals surface area contributed by atoms with Gasteiger partial charge < -0.3 is 10.3 Å². The molecule has 3 heteroatoms. The molecule has 2 N–H and O–H groups in total. The maximum Gasteiger partial charge on any atom is 0.223 e. The van der Waals surface area contributed by atoms with E-state index in [-0.39, 0.29) is 23.8 Å². The van der Waals surface area contributed by atoms with Crippen LogP contribution < -0.4 is 5.73 Å². The number of aromatic nitrogens is 1. The normalized spacial score (nSPS) is 22.7. The summed E-state index contributed by atoms with van der Waals surface area (Å²) < 4.78 is 2.09. The second kappa shape index (κ2) is 5.43. The van der Waals surface area contributed by atoms with Gasteiger partial charge in [0.2, 0.25) is 5.91 Å². The highest BCUT2D eigenvalue weighted by Crippen LogP contribution is 2.50. The minimum Gasteiger partial charge on any atom is -0.369 e. The lowest BCUT2D eigenvalue weighted by molar-refractivity contribution is -0.122. The molecule has 0 saturated carbocycles. The van der Waals surface area contributed by atoms with Gasteiger partial charge in [0.1, 0.15) is 0 Å². The van der Waals surface area contributed by atoms with Crippen LogP contribution in [0.1, 0.15) is 28.7 Å². The number of amides is 1. The quantitative estimate of drug-likeness (QED) is 0.792. The number of primary amides is 1. The van der Waals surface area contributed by atoms with Crippen molar-refractivity contribution in [2.75, 3.05) is 0 Å². The maximum absolute atomic E-state index is 12.4. The molecule has 0 radical (unpaired) electrons. The molecule has 4 rings (SSSR count). The van der Waals surface area contributed by atoms with Crippen LogP contribution in [0.5, 0.6) is 0 Å². The molecule has 0 fully saturated rings. The average Bonchev–Trinajstić information content (AvgIpc) is 3.20. The van der Waals surface area contributed by atoms with E-state index in [9.17, 15) is 4.79 Å². The average molecular weight is 302 g/mol. The second-order valence-electron chi connectivity index (χ2n) is 6.02. The zero-order valence-corrected chi connectivity index (χ0v) is 12.7. The highest BCUT2D eigenvalue weighted by Gasteiger charge is 2.45. The highest BCUT2D eigenvalue weighted by molar-refractivity contribution is 5.81. The van der Waals surface area contributed by atoms with Crippen LogP contribution in [0.3, 0.4) is 0 Å². The number of nitrogens with two attached hydrogens (primary N) is 1. The lowest BCUT2D eigenvalue weighted by atomic mass is 9.84. The molecule has 3 unspecified atom stereocenters. The summed E-state index contributed by atoms with van der Waals surface area (Å²) in [7, 11) is 0. The Morgan fingerprint density at radius 2 is 1.43 bits per heavy atom. The number of carbonyl (C=O) groups excluding carboxylic acids is 1. The molecular weight excluding hydrogens is 284 g/mol. The number of carbonyl (C=O) groups is 1. The third-order valence-corrected chi connectivity index (χ3v) is 4.78. The lowest BCUT2D eigenvalue weighted by Gasteiger charge is -2.24. The van der Waals surface area contributed by atoms with Gasteiger partial charge in [0, 0.05) is 18.3 Å². The van der Waals surface area contributed by atoms with Crippen LogP contribution in [0.15, 0.2) is 79.1 Å². The molecule has 114 valence electrons. The maximum atomic E-state index is 12.4. The van der Waals surface area contributed by atoms with Gasteiger partial charge in [-0.2, -0.15) is 0 Å². The summed E-state index contributed by atoms with van der Waals surface area (Å²) in [6, 6.07) is 22.4. The third-order valence-electron chi connectivity index (χ3n) is 4.78. The van der Waals surface area contributed by atoms with Gasteiger partial charge in [-0.25, -0.2) is 0 Å². The van der Waals surface area contributed by atoms with Gasteiger partial charge in [0.15, 0.2) is 0 Å². The zero-order valence-electron chi connectivity index (χ0n) is 12.7. The largest absolute Gasteiger partial charge is 0.369 e. The Balaban J connectivity index is 1.94. The number of benzene rings is 2. The SMILES string of the molecule is NC(=O)C1C(c2ccccc2)c2ccccc2C1n1cccc1. The first-order chi connectivity index (χ1) is 11.3. The van der Waals surface area contributed by atoms with Crippen LogP contribution in [-0.4, -0.2) is 10.5 Å². The molecule has 3 nitrogen and oxygen atoms in total. The van der Waals surface area contributed by atoms with E-state index < -0.39 is 0 Å². The first kappa shape index (κ1) is 13.8. The van der Waals surface area contributed by atoms with Gasteiger partial charge in [0.25, 0.3) is 0 Å². The van der Waals surface area contributed by atoms with Crippen LogP contribution in [0.25, 0.3) is 0 Å². The van der Waals surface area contributed by atoms with Crippen LogP contribution in [0.4, 0.5) is 0 Å². The van der Waals surface area contributed by atoms with Crippen molar-refractivity contribution in [2.24, 2.45) is 11.7 Å². The van der Waals surface area contributed by atoms with Crippen molar-refractivity contribution in [2.45, 2.75) is 12.0 Å². The molecule has 3 aromatic rings. The molecule has 3 atom stereocenters. The number of fused-ring (bicyclic) bond motifs is 1. The van der Waals surface area contributed by atoms with E-state index in [0.29, 0.717) is 0 Å². The lowest BCUT2D eigenvalue weighted by Crippen LogP contribution is -2.32. The Morgan fingerprint density at radius 3 is 2.09 bits per heavy atom. The molecule has 23 heavy (non-hydrogen) atoms. The van der Waals surface area contributed by atoms with Crippen molar-refractivity contribution < 1.29 is 4.79 Å². The molecular formula is C20H18N2O. The first-order valence-electron chi connectivity index (χ1n) is 7.83. The van der Waals surface area contributed by atoms with Crippen molar-refractivity contribution in [3.05, 3.63) is 95.8 Å². The summed E-state index contributed by atoms with van der Waals surface area (Å²) in [6.07, 6.45) is 4.01. The molecule has 0 bridgehead atoms. The molecule has 2 aromatic carbocycles. The number of rotatable bonds is 3. The molecule has 0 spiro atoms. The van der Waals surface area contributed by atoms with Crippen molar-refractivity contribution >= 4 is 5.91 Å². The van der Waals surface area contributed by atoms with Gasteiger partial charge >= 0.3 is 0 Å². The van der Waals surface area contributed by atoms with E-state index >= 15 is 0 Å². The van der Waals surface area contributed by atoms with Crippen molar-refractivity contribution in [1.82, 2.24) is 4.57 Å². The predicted octanol–water partition coefficient (Wildman–Crippen LogP) is 3.32. The predicted molar refractivity (Wildman–Crippen MR) is 90.0 cm³/mol. The fraction of sp³-hybridized carbons (Fsp3) is 0.150. The van der Waals surface area contributed by atoms with Crippen molar-refractivity contribution in [3.63, 3.8) is 0 Å². The molecule has 1 heterocycles. The van der Waals surface area contributed by atoms with Crippen molar-refractivity contribution in [3.8, 4) is 0 Å². The summed E-state index contributed by atoms with van der Waals surface area (Å²) in [6.45, 7) is 0. The van der Waals surface area contributed by atoms with E-state index in [4.69, 9.17) is 5.73 Å². The van der Waals surface area contributed by atoms with Gasteiger partial charge in [-0.3, -0.25) is 4.79 Å². The van der Waals surface area contributed by atoms with Crippen LogP contribution >= 0.6 is 0 Å². The molecule has 1 aliphatic carbocycles. The summed E-state index contributed by atoms with van der Waals surface area (Å²) in [4.78, 5) is 12.4. The summed E-state index contributed by atoms with van der Waals surface area (Å²) in [5, 5.41) is 0. The Hall–Kier alpha value is -2.81. The number of nitrogens with zero attached hydrogens (tertiary/aromatic N) is 1. The van der Waals surface area contributed by atoms with E-state index in [1.807, 2.05) is 54.9 Å². The minimum atomic E-state index is -0.290. The van der Waals surface area contributed by atoms with E-state index in [1.54, 1.807) is 0 Å². The van der Waals surface area contributed by atoms with Gasteiger partial charge in [-0.1, -0.05) is 54.6 Å². The van der Waals surface area contributed by atoms with Gasteiger partial charge in [0.05, 0.1) is 12.0 Å². The van der Waals surface area contributed by atoms with E-state index in [0.717, 1.165) is 5.56 Å². The fourth-order valence-corrected chi connectivity index (χ4v) is 3.88. The fourth-order valence-electron chi connectivity index (χ4n) is 3.88. The van der Waals surface area contributed by atoms with E-state index in [1.165, 1.54) is 11.1 Å². The highest BCUT2D eigenvalue weighted by atomic mass is 16.1. The summed E-state index contributed by atoms with van der Waals surface area (Å²) >= 11 is 0. The van der Waals surface area contributed by atoms with Crippen LogP contribution in [0, 0.1) is 5.92 Å². The Bertz CT molecular complexity index is 824. The smallest absolute Gasteiger partial charge is 0.223 e. The Morgan fingerprint density at radius 1 is 0.826 bits per heavy atom. The molecule has 1 aromatic heterocycles. The number of hydrogen-bond acceptors (Lipinski definition) is 1. The minimum absolute atomic E-state index is 0.00250. The van der Waals surface area contributed by atoms with Crippen molar-refractivity contribution in [1.29, 1.82) is 0 Å². The molecule has 0 saturated heterocycles. The Labute approximate surface area is 135 Å².